The van der Waals surface area contributed by atoms with Gasteiger partial charge in [-0.3, -0.25) is 4.79 Å². The van der Waals surface area contributed by atoms with Crippen LogP contribution in [0.25, 0.3) is 0 Å². The molecule has 9 heteroatoms. The predicted octanol–water partition coefficient (Wildman–Crippen LogP) is 0.152. The lowest BCUT2D eigenvalue weighted by Gasteiger charge is -2.19. The van der Waals surface area contributed by atoms with E-state index in [0.717, 1.165) is 6.26 Å². The summed E-state index contributed by atoms with van der Waals surface area (Å²) < 4.78 is 32.0. The van der Waals surface area contributed by atoms with Crippen LogP contribution in [0.2, 0.25) is 0 Å². The number of esters is 1. The number of benzene rings is 1. The second-order valence-corrected chi connectivity index (χ2v) is 7.83. The Balaban J connectivity index is 2.60. The summed E-state index contributed by atoms with van der Waals surface area (Å²) in [5.74, 6) is -0.749. The Morgan fingerprint density at radius 3 is 2.32 bits per heavy atom. The van der Waals surface area contributed by atoms with Crippen LogP contribution in [-0.4, -0.2) is 63.3 Å². The van der Waals surface area contributed by atoms with Crippen molar-refractivity contribution in [1.82, 2.24) is 5.32 Å². The maximum Gasteiger partial charge on any atom is 0.331 e. The number of carbonyl (C=O) groups is 2. The van der Waals surface area contributed by atoms with Gasteiger partial charge in [0.15, 0.2) is 6.04 Å². The van der Waals surface area contributed by atoms with Crippen molar-refractivity contribution in [3.63, 3.8) is 0 Å². The van der Waals surface area contributed by atoms with E-state index in [9.17, 15) is 23.1 Å². The van der Waals surface area contributed by atoms with Gasteiger partial charge < -0.3 is 19.9 Å². The molecule has 2 atom stereocenters. The normalized spacial score (nSPS) is 13.6. The summed E-state index contributed by atoms with van der Waals surface area (Å²) in [7, 11) is -1.85. The molecular weight excluding hydrogens is 350 g/mol. The molecule has 1 aromatic rings. The van der Waals surface area contributed by atoms with Crippen molar-refractivity contribution >= 4 is 21.7 Å². The van der Waals surface area contributed by atoms with Crippen LogP contribution in [0.4, 0.5) is 0 Å². The molecule has 1 aromatic carbocycles. The number of aliphatic hydroxyl groups excluding tert-OH is 1. The number of ether oxygens (including phenoxy) is 2. The highest BCUT2D eigenvalue weighted by Crippen LogP contribution is 2.13. The van der Waals surface area contributed by atoms with E-state index < -0.39 is 33.9 Å². The first kappa shape index (κ1) is 20.9. The van der Waals surface area contributed by atoms with Gasteiger partial charge in [0.1, 0.15) is 15.6 Å². The van der Waals surface area contributed by atoms with Gasteiger partial charge in [0, 0.05) is 11.8 Å². The lowest BCUT2D eigenvalue weighted by Crippen LogP contribution is -2.48. The van der Waals surface area contributed by atoms with Crippen LogP contribution in [0.3, 0.4) is 0 Å². The Morgan fingerprint density at radius 1 is 1.24 bits per heavy atom. The Hall–Kier alpha value is -2.13. The van der Waals surface area contributed by atoms with E-state index in [0.29, 0.717) is 12.2 Å². The highest BCUT2D eigenvalue weighted by molar-refractivity contribution is 7.90. The number of hydrogen-bond acceptors (Lipinski definition) is 7. The van der Waals surface area contributed by atoms with E-state index in [2.05, 4.69) is 10.1 Å². The largest absolute Gasteiger partial charge is 0.494 e. The van der Waals surface area contributed by atoms with Crippen molar-refractivity contribution in [2.75, 3.05) is 25.7 Å². The number of aliphatic hydroxyl groups is 1. The fraction of sp³-hybridized carbons (Fsp3) is 0.500. The molecule has 0 saturated carbocycles. The molecule has 0 heterocycles. The number of sulfone groups is 1. The van der Waals surface area contributed by atoms with E-state index in [-0.39, 0.29) is 17.9 Å². The smallest absolute Gasteiger partial charge is 0.331 e. The van der Waals surface area contributed by atoms with Gasteiger partial charge in [0.05, 0.1) is 25.6 Å². The van der Waals surface area contributed by atoms with E-state index >= 15 is 0 Å². The van der Waals surface area contributed by atoms with Gasteiger partial charge in [-0.05, 0) is 37.6 Å². The molecule has 25 heavy (non-hydrogen) atoms. The molecule has 0 aliphatic rings. The SMILES string of the molecule is COC(=O)[C@@H](NC(=O)c1ccc(OCCCS(C)(=O)=O)cc1)[C@@H](C)O. The molecule has 0 bridgehead atoms. The van der Waals surface area contributed by atoms with E-state index in [1.54, 1.807) is 12.1 Å². The second kappa shape index (κ2) is 9.38. The van der Waals surface area contributed by atoms with E-state index in [4.69, 9.17) is 4.74 Å². The van der Waals surface area contributed by atoms with Gasteiger partial charge >= 0.3 is 5.97 Å². The van der Waals surface area contributed by atoms with E-state index in [1.807, 2.05) is 0 Å². The predicted molar refractivity (Wildman–Crippen MR) is 91.2 cm³/mol. The Bertz CT molecular complexity index is 683. The summed E-state index contributed by atoms with van der Waals surface area (Å²) in [6, 6.07) is 4.95. The highest BCUT2D eigenvalue weighted by Gasteiger charge is 2.26. The third kappa shape index (κ3) is 7.53. The monoisotopic (exact) mass is 373 g/mol. The van der Waals surface area contributed by atoms with Crippen LogP contribution < -0.4 is 10.1 Å². The van der Waals surface area contributed by atoms with Gasteiger partial charge in [0.25, 0.3) is 5.91 Å². The molecule has 1 rings (SSSR count). The molecule has 0 unspecified atom stereocenters. The summed E-state index contributed by atoms with van der Waals surface area (Å²) >= 11 is 0. The molecule has 0 saturated heterocycles. The zero-order valence-corrected chi connectivity index (χ0v) is 15.2. The lowest BCUT2D eigenvalue weighted by atomic mass is 10.1. The Kier molecular flexibility index (Phi) is 7.85. The molecule has 0 aromatic heterocycles. The van der Waals surface area contributed by atoms with Crippen molar-refractivity contribution in [3.8, 4) is 5.75 Å². The first-order valence-corrected chi connectivity index (χ1v) is 9.67. The minimum atomic E-state index is -3.02. The van der Waals surface area contributed by atoms with Gasteiger partial charge in [-0.1, -0.05) is 0 Å². The summed E-state index contributed by atoms with van der Waals surface area (Å²) in [5.41, 5.74) is 0.276. The minimum absolute atomic E-state index is 0.0434. The van der Waals surface area contributed by atoms with Crippen molar-refractivity contribution < 1.29 is 32.6 Å². The van der Waals surface area contributed by atoms with Gasteiger partial charge in [0.2, 0.25) is 0 Å². The molecule has 8 nitrogen and oxygen atoms in total. The molecule has 0 fully saturated rings. The number of nitrogens with one attached hydrogen (secondary N) is 1. The van der Waals surface area contributed by atoms with Crippen LogP contribution in [0.5, 0.6) is 5.75 Å². The average molecular weight is 373 g/mol. The zero-order chi connectivity index (χ0) is 19.0. The van der Waals surface area contributed by atoms with Crippen LogP contribution in [0, 0.1) is 0 Å². The number of rotatable bonds is 9. The molecule has 0 aliphatic carbocycles. The van der Waals surface area contributed by atoms with Crippen molar-refractivity contribution in [1.29, 1.82) is 0 Å². The molecule has 0 spiro atoms. The first-order valence-electron chi connectivity index (χ1n) is 7.61. The van der Waals surface area contributed by atoms with Gasteiger partial charge in [-0.2, -0.15) is 0 Å². The number of hydrogen-bond donors (Lipinski definition) is 2. The summed E-state index contributed by atoms with van der Waals surface area (Å²) in [5, 5.41) is 12.0. The van der Waals surface area contributed by atoms with Gasteiger partial charge in [-0.25, -0.2) is 13.2 Å². The number of methoxy groups -OCH3 is 1. The molecule has 2 N–H and O–H groups in total. The molecule has 0 radical (unpaired) electrons. The van der Waals surface area contributed by atoms with Crippen molar-refractivity contribution in [2.24, 2.45) is 0 Å². The summed E-state index contributed by atoms with van der Waals surface area (Å²) in [6.45, 7) is 1.61. The second-order valence-electron chi connectivity index (χ2n) is 5.57. The third-order valence-electron chi connectivity index (χ3n) is 3.27. The summed E-state index contributed by atoms with van der Waals surface area (Å²) in [6.07, 6.45) is 0.430. The quantitative estimate of drug-likeness (QED) is 0.467. The molecule has 140 valence electrons. The third-order valence-corrected chi connectivity index (χ3v) is 4.30. The van der Waals surface area contributed by atoms with Crippen molar-refractivity contribution in [2.45, 2.75) is 25.5 Å². The Morgan fingerprint density at radius 2 is 1.84 bits per heavy atom. The number of amides is 1. The van der Waals surface area contributed by atoms with Crippen LogP contribution in [0.1, 0.15) is 23.7 Å². The topological polar surface area (TPSA) is 119 Å². The molecule has 0 aliphatic heterocycles. The van der Waals surface area contributed by atoms with Crippen LogP contribution in [-0.2, 0) is 19.4 Å². The zero-order valence-electron chi connectivity index (χ0n) is 14.4. The maximum atomic E-state index is 12.1. The average Bonchev–Trinajstić information content (AvgIpc) is 2.55. The van der Waals surface area contributed by atoms with Crippen LogP contribution >= 0.6 is 0 Å². The molecular formula is C16H23NO7S. The lowest BCUT2D eigenvalue weighted by molar-refractivity contribution is -0.145. The molecule has 1 amide bonds. The van der Waals surface area contributed by atoms with Crippen LogP contribution in [0.15, 0.2) is 24.3 Å². The number of carbonyl (C=O) groups excluding carboxylic acids is 2. The maximum absolute atomic E-state index is 12.1. The first-order chi connectivity index (χ1) is 11.6. The highest BCUT2D eigenvalue weighted by atomic mass is 32.2. The Labute approximate surface area is 147 Å². The fourth-order valence-electron chi connectivity index (χ4n) is 1.94. The van der Waals surface area contributed by atoms with Crippen molar-refractivity contribution in [3.05, 3.63) is 29.8 Å². The summed E-state index contributed by atoms with van der Waals surface area (Å²) in [4.78, 5) is 23.7. The standard InChI is InChI=1S/C16H23NO7S/c1-11(18)14(16(20)23-2)17-15(19)12-5-7-13(8-6-12)24-9-4-10-25(3,21)22/h5-8,11,14,18H,4,9-10H2,1-3H3,(H,17,19)/t11-,14+/m1/s1. The minimum Gasteiger partial charge on any atom is -0.494 e. The van der Waals surface area contributed by atoms with E-state index in [1.165, 1.54) is 26.2 Å². The van der Waals surface area contributed by atoms with Gasteiger partial charge in [-0.15, -0.1) is 0 Å². The fourth-order valence-corrected chi connectivity index (χ4v) is 2.58.